The molecule has 0 spiro atoms. The van der Waals surface area contributed by atoms with Gasteiger partial charge in [0.05, 0.1) is 6.04 Å². The summed E-state index contributed by atoms with van der Waals surface area (Å²) in [5.74, 6) is 1.09. The molecule has 130 valence electrons. The molecule has 1 unspecified atom stereocenters. The Balaban J connectivity index is 1.53. The standard InChI is InChI=1S/C19H19FN2O3/c20-14-3-1-4-15(12-14)21-19(23)22-8-2-5-16(22)13-6-7-17-18(11-13)25-10-9-24-17/h1,3-4,6-7,11-12,16H,2,5,8-10H2,(H,21,23). The Labute approximate surface area is 145 Å². The van der Waals surface area contributed by atoms with Crippen LogP contribution in [0.5, 0.6) is 11.5 Å². The van der Waals surface area contributed by atoms with E-state index in [9.17, 15) is 9.18 Å². The zero-order valence-corrected chi connectivity index (χ0v) is 13.7. The summed E-state index contributed by atoms with van der Waals surface area (Å²) in [6.45, 7) is 1.75. The SMILES string of the molecule is O=C(Nc1cccc(F)c1)N1CCCC1c1ccc2c(c1)OCCO2. The first-order valence-corrected chi connectivity index (χ1v) is 8.43. The highest BCUT2D eigenvalue weighted by molar-refractivity contribution is 5.89. The number of hydrogen-bond acceptors (Lipinski definition) is 3. The van der Waals surface area contributed by atoms with Crippen molar-refractivity contribution >= 4 is 11.7 Å². The highest BCUT2D eigenvalue weighted by atomic mass is 19.1. The highest BCUT2D eigenvalue weighted by Gasteiger charge is 2.31. The van der Waals surface area contributed by atoms with Crippen LogP contribution in [0.1, 0.15) is 24.4 Å². The Hall–Kier alpha value is -2.76. The molecule has 2 aliphatic heterocycles. The number of carbonyl (C=O) groups is 1. The Bertz CT molecular complexity index is 796. The van der Waals surface area contributed by atoms with E-state index < -0.39 is 0 Å². The molecule has 0 aromatic heterocycles. The molecule has 6 heteroatoms. The molecule has 25 heavy (non-hydrogen) atoms. The number of likely N-dealkylation sites (tertiary alicyclic amines) is 1. The molecule has 0 radical (unpaired) electrons. The van der Waals surface area contributed by atoms with Crippen molar-refractivity contribution in [3.63, 3.8) is 0 Å². The molecule has 1 atom stereocenters. The van der Waals surface area contributed by atoms with E-state index in [-0.39, 0.29) is 17.9 Å². The number of rotatable bonds is 2. The summed E-state index contributed by atoms with van der Waals surface area (Å²) in [7, 11) is 0. The number of fused-ring (bicyclic) bond motifs is 1. The van der Waals surface area contributed by atoms with Crippen molar-refractivity contribution in [2.75, 3.05) is 25.1 Å². The third kappa shape index (κ3) is 3.24. The normalized spacial score (nSPS) is 18.9. The maximum Gasteiger partial charge on any atom is 0.322 e. The van der Waals surface area contributed by atoms with Crippen molar-refractivity contribution in [2.45, 2.75) is 18.9 Å². The van der Waals surface area contributed by atoms with Gasteiger partial charge in [-0.2, -0.15) is 0 Å². The third-order valence-corrected chi connectivity index (χ3v) is 4.54. The molecule has 1 saturated heterocycles. The quantitative estimate of drug-likeness (QED) is 0.898. The summed E-state index contributed by atoms with van der Waals surface area (Å²) >= 11 is 0. The lowest BCUT2D eigenvalue weighted by atomic mass is 10.0. The van der Waals surface area contributed by atoms with Crippen LogP contribution < -0.4 is 14.8 Å². The van der Waals surface area contributed by atoms with Crippen LogP contribution in [0.3, 0.4) is 0 Å². The second-order valence-electron chi connectivity index (χ2n) is 6.20. The first-order chi connectivity index (χ1) is 12.2. The molecule has 2 aliphatic rings. The highest BCUT2D eigenvalue weighted by Crippen LogP contribution is 2.38. The van der Waals surface area contributed by atoms with Gasteiger partial charge in [-0.25, -0.2) is 9.18 Å². The summed E-state index contributed by atoms with van der Waals surface area (Å²) in [6, 6.07) is 11.5. The molecule has 2 aromatic carbocycles. The maximum atomic E-state index is 13.3. The lowest BCUT2D eigenvalue weighted by molar-refractivity contribution is 0.170. The van der Waals surface area contributed by atoms with E-state index >= 15 is 0 Å². The van der Waals surface area contributed by atoms with Crippen LogP contribution in [0.15, 0.2) is 42.5 Å². The number of ether oxygens (including phenoxy) is 2. The molecule has 2 amide bonds. The van der Waals surface area contributed by atoms with E-state index in [0.717, 1.165) is 29.9 Å². The van der Waals surface area contributed by atoms with Gasteiger partial charge in [0.1, 0.15) is 19.0 Å². The molecule has 4 rings (SSSR count). The molecular formula is C19H19FN2O3. The number of benzene rings is 2. The minimum atomic E-state index is -0.373. The Morgan fingerprint density at radius 3 is 2.80 bits per heavy atom. The maximum absolute atomic E-state index is 13.3. The number of urea groups is 1. The van der Waals surface area contributed by atoms with Gasteiger partial charge in [0.2, 0.25) is 0 Å². The summed E-state index contributed by atoms with van der Waals surface area (Å²) < 4.78 is 24.5. The molecule has 2 aromatic rings. The van der Waals surface area contributed by atoms with Crippen LogP contribution >= 0.6 is 0 Å². The van der Waals surface area contributed by atoms with Crippen LogP contribution in [0, 0.1) is 5.82 Å². The summed E-state index contributed by atoms with van der Waals surface area (Å²) in [5.41, 5.74) is 1.48. The van der Waals surface area contributed by atoms with Gasteiger partial charge in [-0.1, -0.05) is 12.1 Å². The number of anilines is 1. The van der Waals surface area contributed by atoms with Crippen LogP contribution in [0.4, 0.5) is 14.9 Å². The lowest BCUT2D eigenvalue weighted by Crippen LogP contribution is -2.34. The predicted octanol–water partition coefficient (Wildman–Crippen LogP) is 3.97. The second-order valence-corrected chi connectivity index (χ2v) is 6.20. The van der Waals surface area contributed by atoms with Gasteiger partial charge in [0.15, 0.2) is 11.5 Å². The van der Waals surface area contributed by atoms with Crippen LogP contribution in [0.2, 0.25) is 0 Å². The number of halogens is 1. The molecule has 1 N–H and O–H groups in total. The van der Waals surface area contributed by atoms with Gasteiger partial charge in [-0.15, -0.1) is 0 Å². The zero-order chi connectivity index (χ0) is 17.2. The van der Waals surface area contributed by atoms with Crippen molar-refractivity contribution in [2.24, 2.45) is 0 Å². The number of carbonyl (C=O) groups excluding carboxylic acids is 1. The molecule has 5 nitrogen and oxygen atoms in total. The lowest BCUT2D eigenvalue weighted by Gasteiger charge is -2.27. The number of hydrogen-bond donors (Lipinski definition) is 1. The van der Waals surface area contributed by atoms with E-state index in [1.54, 1.807) is 17.0 Å². The first kappa shape index (κ1) is 15.7. The molecule has 1 fully saturated rings. The Kier molecular flexibility index (Phi) is 4.17. The summed E-state index contributed by atoms with van der Waals surface area (Å²) in [5, 5.41) is 2.78. The van der Waals surface area contributed by atoms with E-state index in [1.807, 2.05) is 18.2 Å². The van der Waals surface area contributed by atoms with Crippen LogP contribution in [-0.2, 0) is 0 Å². The van der Waals surface area contributed by atoms with Gasteiger partial charge >= 0.3 is 6.03 Å². The second kappa shape index (κ2) is 6.63. The van der Waals surface area contributed by atoms with Gasteiger partial charge in [0.25, 0.3) is 0 Å². The smallest absolute Gasteiger partial charge is 0.322 e. The molecule has 0 aliphatic carbocycles. The number of nitrogens with zero attached hydrogens (tertiary/aromatic N) is 1. The molecule has 2 heterocycles. The summed E-state index contributed by atoms with van der Waals surface area (Å²) in [4.78, 5) is 14.4. The fourth-order valence-corrected chi connectivity index (χ4v) is 3.39. The van der Waals surface area contributed by atoms with E-state index in [1.165, 1.54) is 12.1 Å². The largest absolute Gasteiger partial charge is 0.486 e. The first-order valence-electron chi connectivity index (χ1n) is 8.43. The van der Waals surface area contributed by atoms with Crippen molar-refractivity contribution in [3.8, 4) is 11.5 Å². The fourth-order valence-electron chi connectivity index (χ4n) is 3.39. The number of amides is 2. The Morgan fingerprint density at radius 1 is 1.12 bits per heavy atom. The van der Waals surface area contributed by atoms with Crippen molar-refractivity contribution in [1.29, 1.82) is 0 Å². The van der Waals surface area contributed by atoms with Crippen molar-refractivity contribution in [1.82, 2.24) is 4.90 Å². The van der Waals surface area contributed by atoms with Gasteiger partial charge in [-0.3, -0.25) is 0 Å². The van der Waals surface area contributed by atoms with Gasteiger partial charge < -0.3 is 19.7 Å². The molecular weight excluding hydrogens is 323 g/mol. The number of nitrogens with one attached hydrogen (secondary N) is 1. The van der Waals surface area contributed by atoms with Crippen LogP contribution in [0.25, 0.3) is 0 Å². The zero-order valence-electron chi connectivity index (χ0n) is 13.7. The summed E-state index contributed by atoms with van der Waals surface area (Å²) in [6.07, 6.45) is 1.81. The average Bonchev–Trinajstić information content (AvgIpc) is 3.11. The van der Waals surface area contributed by atoms with Crippen molar-refractivity contribution in [3.05, 3.63) is 53.8 Å². The molecule has 0 bridgehead atoms. The van der Waals surface area contributed by atoms with Crippen LogP contribution in [-0.4, -0.2) is 30.7 Å². The monoisotopic (exact) mass is 342 g/mol. The molecule has 0 saturated carbocycles. The third-order valence-electron chi connectivity index (χ3n) is 4.54. The van der Waals surface area contributed by atoms with E-state index in [0.29, 0.717) is 25.4 Å². The topological polar surface area (TPSA) is 50.8 Å². The Morgan fingerprint density at radius 2 is 1.96 bits per heavy atom. The minimum absolute atomic E-state index is 0.0237. The van der Waals surface area contributed by atoms with Gasteiger partial charge in [-0.05, 0) is 48.7 Å². The predicted molar refractivity (Wildman–Crippen MR) is 91.5 cm³/mol. The van der Waals surface area contributed by atoms with Crippen molar-refractivity contribution < 1.29 is 18.7 Å². The van der Waals surface area contributed by atoms with E-state index in [2.05, 4.69) is 5.32 Å². The minimum Gasteiger partial charge on any atom is -0.486 e. The fraction of sp³-hybridized carbons (Fsp3) is 0.316. The van der Waals surface area contributed by atoms with Gasteiger partial charge in [0, 0.05) is 12.2 Å². The average molecular weight is 342 g/mol. The van der Waals surface area contributed by atoms with E-state index in [4.69, 9.17) is 9.47 Å².